The Kier molecular flexibility index (Phi) is 4.25. The number of carbonyl (C=O) groups excluding carboxylic acids is 2. The van der Waals surface area contributed by atoms with Crippen LogP contribution in [0.4, 0.5) is 0 Å². The summed E-state index contributed by atoms with van der Waals surface area (Å²) in [5.74, 6) is -0.595. The van der Waals surface area contributed by atoms with Crippen molar-refractivity contribution in [3.63, 3.8) is 0 Å². The molecule has 2 aromatic carbocycles. The minimum Gasteiger partial charge on any atom is -0.292 e. The predicted octanol–water partition coefficient (Wildman–Crippen LogP) is 4.27. The maximum atomic E-state index is 14.3. The Morgan fingerprint density at radius 1 is 0.767 bits per heavy atom. The summed E-state index contributed by atoms with van der Waals surface area (Å²) in [5, 5.41) is 0. The van der Waals surface area contributed by atoms with Gasteiger partial charge in [0.15, 0.2) is 11.2 Å². The van der Waals surface area contributed by atoms with Crippen molar-refractivity contribution in [1.82, 2.24) is 9.88 Å². The third-order valence-corrected chi connectivity index (χ3v) is 5.54. The molecule has 4 heteroatoms. The van der Waals surface area contributed by atoms with Gasteiger partial charge in [0.1, 0.15) is 0 Å². The average Bonchev–Trinajstić information content (AvgIpc) is 2.82. The summed E-state index contributed by atoms with van der Waals surface area (Å²) in [6.07, 6.45) is 8.78. The van der Waals surface area contributed by atoms with E-state index in [0.29, 0.717) is 22.5 Å². The second-order valence-electron chi connectivity index (χ2n) is 7.16. The molecule has 1 atom stereocenters. The number of amides is 1. The fourth-order valence-electron chi connectivity index (χ4n) is 4.19. The number of benzene rings is 2. The van der Waals surface area contributed by atoms with E-state index in [1.54, 1.807) is 41.6 Å². The molecule has 0 aliphatic carbocycles. The molecule has 0 spiro atoms. The Morgan fingerprint density at radius 3 is 2.17 bits per heavy atom. The number of hydrogen-bond acceptors (Lipinski definition) is 3. The van der Waals surface area contributed by atoms with Crippen LogP contribution < -0.4 is 0 Å². The summed E-state index contributed by atoms with van der Waals surface area (Å²) in [4.78, 5) is 34.4. The van der Waals surface area contributed by atoms with Gasteiger partial charge in [-0.15, -0.1) is 0 Å². The molecule has 1 aromatic heterocycles. The van der Waals surface area contributed by atoms with Crippen molar-refractivity contribution in [2.45, 2.75) is 5.41 Å². The third kappa shape index (κ3) is 2.51. The zero-order valence-electron chi connectivity index (χ0n) is 16.1. The average molecular weight is 390 g/mol. The molecule has 30 heavy (non-hydrogen) atoms. The van der Waals surface area contributed by atoms with Crippen LogP contribution in [0.1, 0.15) is 16.8 Å². The van der Waals surface area contributed by atoms with E-state index in [-0.39, 0.29) is 11.7 Å². The van der Waals surface area contributed by atoms with Gasteiger partial charge >= 0.3 is 0 Å². The fraction of sp³-hybridized carbons (Fsp3) is 0.0385. The topological polar surface area (TPSA) is 50.3 Å². The molecule has 0 saturated heterocycles. The van der Waals surface area contributed by atoms with Crippen molar-refractivity contribution < 1.29 is 9.59 Å². The number of nitrogens with zero attached hydrogens (tertiary/aromatic N) is 2. The molecule has 0 bridgehead atoms. The van der Waals surface area contributed by atoms with Crippen molar-refractivity contribution in [2.24, 2.45) is 0 Å². The standard InChI is InChI=1S/C26H18N2O2/c29-24-23(19-11-3-1-4-12-19)21-15-8-10-18-28(21)25(30)26(24,20-13-5-2-6-14-20)22-16-7-9-17-27-22/h1-18H. The van der Waals surface area contributed by atoms with E-state index in [9.17, 15) is 9.59 Å². The first kappa shape index (κ1) is 18.0. The van der Waals surface area contributed by atoms with Gasteiger partial charge in [-0.2, -0.15) is 0 Å². The molecule has 2 aliphatic heterocycles. The van der Waals surface area contributed by atoms with E-state index in [1.807, 2.05) is 72.8 Å². The van der Waals surface area contributed by atoms with Gasteiger partial charge in [0.25, 0.3) is 5.91 Å². The number of ketones is 1. The van der Waals surface area contributed by atoms with Gasteiger partial charge in [0, 0.05) is 12.4 Å². The lowest BCUT2D eigenvalue weighted by Crippen LogP contribution is -2.55. The highest BCUT2D eigenvalue weighted by molar-refractivity contribution is 6.37. The van der Waals surface area contributed by atoms with Gasteiger partial charge in [0.05, 0.1) is 17.0 Å². The van der Waals surface area contributed by atoms with Crippen LogP contribution in [0.5, 0.6) is 0 Å². The van der Waals surface area contributed by atoms with Gasteiger partial charge < -0.3 is 0 Å². The van der Waals surface area contributed by atoms with Crippen molar-refractivity contribution in [3.05, 3.63) is 132 Å². The molecule has 144 valence electrons. The molecule has 3 aromatic rings. The number of hydrogen-bond donors (Lipinski definition) is 0. The highest BCUT2D eigenvalue weighted by atomic mass is 16.2. The molecule has 0 fully saturated rings. The molecular formula is C26H18N2O2. The maximum Gasteiger partial charge on any atom is 0.255 e. The minimum atomic E-state index is -1.56. The predicted molar refractivity (Wildman–Crippen MR) is 115 cm³/mol. The molecular weight excluding hydrogens is 372 g/mol. The lowest BCUT2D eigenvalue weighted by atomic mass is 9.67. The Hall–Kier alpha value is -4.05. The SMILES string of the molecule is O=C1C(c2ccccc2)=C2C=CC=CN2C(=O)C1(c1ccccc1)c1ccccn1. The highest BCUT2D eigenvalue weighted by Crippen LogP contribution is 2.45. The van der Waals surface area contributed by atoms with Gasteiger partial charge in [-0.3, -0.25) is 19.5 Å². The van der Waals surface area contributed by atoms with Crippen LogP contribution in [0.25, 0.3) is 5.57 Å². The Morgan fingerprint density at radius 2 is 1.47 bits per heavy atom. The van der Waals surface area contributed by atoms with Crippen molar-refractivity contribution in [3.8, 4) is 0 Å². The molecule has 1 unspecified atom stereocenters. The van der Waals surface area contributed by atoms with E-state index >= 15 is 0 Å². The number of aromatic nitrogens is 1. The second kappa shape index (κ2) is 7.08. The molecule has 0 N–H and O–H groups in total. The quantitative estimate of drug-likeness (QED) is 0.628. The fourth-order valence-corrected chi connectivity index (χ4v) is 4.19. The number of fused-ring (bicyclic) bond motifs is 1. The first-order valence-electron chi connectivity index (χ1n) is 9.74. The Bertz CT molecular complexity index is 1170. The van der Waals surface area contributed by atoms with Crippen LogP contribution in [-0.2, 0) is 15.0 Å². The molecule has 3 heterocycles. The van der Waals surface area contributed by atoms with Crippen molar-refractivity contribution >= 4 is 17.3 Å². The normalized spacial score (nSPS) is 20.5. The Balaban J connectivity index is 1.88. The van der Waals surface area contributed by atoms with Crippen LogP contribution in [0.15, 0.2) is 115 Å². The van der Waals surface area contributed by atoms with E-state index in [4.69, 9.17) is 0 Å². The molecule has 0 saturated carbocycles. The van der Waals surface area contributed by atoms with E-state index < -0.39 is 5.41 Å². The number of allylic oxidation sites excluding steroid dienone is 4. The first-order chi connectivity index (χ1) is 14.7. The highest BCUT2D eigenvalue weighted by Gasteiger charge is 2.57. The van der Waals surface area contributed by atoms with E-state index in [0.717, 1.165) is 5.56 Å². The van der Waals surface area contributed by atoms with Crippen LogP contribution in [0, 0.1) is 0 Å². The summed E-state index contributed by atoms with van der Waals surface area (Å²) >= 11 is 0. The lowest BCUT2D eigenvalue weighted by molar-refractivity contribution is -0.137. The lowest BCUT2D eigenvalue weighted by Gasteiger charge is -2.41. The van der Waals surface area contributed by atoms with Gasteiger partial charge in [0.2, 0.25) is 0 Å². The first-order valence-corrected chi connectivity index (χ1v) is 9.74. The smallest absolute Gasteiger partial charge is 0.255 e. The zero-order chi connectivity index (χ0) is 20.6. The maximum absolute atomic E-state index is 14.3. The van der Waals surface area contributed by atoms with Crippen LogP contribution in [-0.4, -0.2) is 21.6 Å². The number of pyridine rings is 1. The molecule has 2 aliphatic rings. The molecule has 0 radical (unpaired) electrons. The number of carbonyl (C=O) groups is 2. The van der Waals surface area contributed by atoms with Crippen LogP contribution >= 0.6 is 0 Å². The molecule has 4 nitrogen and oxygen atoms in total. The minimum absolute atomic E-state index is 0.269. The van der Waals surface area contributed by atoms with Crippen LogP contribution in [0.3, 0.4) is 0 Å². The van der Waals surface area contributed by atoms with Gasteiger partial charge in [-0.1, -0.05) is 72.8 Å². The van der Waals surface area contributed by atoms with Gasteiger partial charge in [-0.25, -0.2) is 0 Å². The molecule has 5 rings (SSSR count). The zero-order valence-corrected chi connectivity index (χ0v) is 16.1. The largest absolute Gasteiger partial charge is 0.292 e. The summed E-state index contributed by atoms with van der Waals surface area (Å²) in [6, 6.07) is 24.0. The van der Waals surface area contributed by atoms with E-state index in [1.165, 1.54) is 0 Å². The summed E-state index contributed by atoms with van der Waals surface area (Å²) in [7, 11) is 0. The van der Waals surface area contributed by atoms with Crippen LogP contribution in [0.2, 0.25) is 0 Å². The van der Waals surface area contributed by atoms with Gasteiger partial charge in [-0.05, 0) is 35.4 Å². The monoisotopic (exact) mass is 390 g/mol. The number of rotatable bonds is 3. The summed E-state index contributed by atoms with van der Waals surface area (Å²) in [6.45, 7) is 0. The van der Waals surface area contributed by atoms with E-state index in [2.05, 4.69) is 4.98 Å². The second-order valence-corrected chi connectivity index (χ2v) is 7.16. The third-order valence-electron chi connectivity index (χ3n) is 5.54. The Labute approximate surface area is 174 Å². The molecule has 1 amide bonds. The summed E-state index contributed by atoms with van der Waals surface area (Å²) in [5.41, 5.74) is 1.32. The summed E-state index contributed by atoms with van der Waals surface area (Å²) < 4.78 is 0. The van der Waals surface area contributed by atoms with Crippen molar-refractivity contribution in [2.75, 3.05) is 0 Å². The van der Waals surface area contributed by atoms with Crippen molar-refractivity contribution in [1.29, 1.82) is 0 Å². The number of Topliss-reactive ketones (excluding diaryl/α,β-unsaturated/α-hetero) is 1.